The second-order valence-corrected chi connectivity index (χ2v) is 5.59. The summed E-state index contributed by atoms with van der Waals surface area (Å²) < 4.78 is 14.9. The molecule has 0 unspecified atom stereocenters. The van der Waals surface area contributed by atoms with Crippen molar-refractivity contribution in [1.82, 2.24) is 0 Å². The van der Waals surface area contributed by atoms with Crippen LogP contribution in [0.15, 0.2) is 45.3 Å². The molecule has 94 valence electrons. The Morgan fingerprint density at radius 1 is 1.06 bits per heavy atom. The minimum Gasteiger partial charge on any atom is -0.380 e. The second-order valence-electron chi connectivity index (χ2n) is 4.00. The zero-order valence-electron chi connectivity index (χ0n) is 9.81. The molecule has 0 saturated heterocycles. The van der Waals surface area contributed by atoms with Crippen LogP contribution in [-0.4, -0.2) is 0 Å². The van der Waals surface area contributed by atoms with Crippen LogP contribution in [0.2, 0.25) is 0 Å². The van der Waals surface area contributed by atoms with Gasteiger partial charge in [0, 0.05) is 16.7 Å². The molecule has 2 rings (SSSR count). The summed E-state index contributed by atoms with van der Waals surface area (Å²) in [5, 5.41) is 3.29. The van der Waals surface area contributed by atoms with Gasteiger partial charge in [-0.3, -0.25) is 0 Å². The van der Waals surface area contributed by atoms with Crippen LogP contribution in [0, 0.1) is 12.7 Å². The summed E-state index contributed by atoms with van der Waals surface area (Å²) in [4.78, 5) is 0. The van der Waals surface area contributed by atoms with Crippen molar-refractivity contribution in [3.63, 3.8) is 0 Å². The van der Waals surface area contributed by atoms with E-state index in [1.165, 1.54) is 11.6 Å². The van der Waals surface area contributed by atoms with E-state index in [-0.39, 0.29) is 5.82 Å². The number of hydrogen-bond acceptors (Lipinski definition) is 1. The van der Waals surface area contributed by atoms with Gasteiger partial charge >= 0.3 is 0 Å². The van der Waals surface area contributed by atoms with Crippen molar-refractivity contribution >= 4 is 37.5 Å². The maximum absolute atomic E-state index is 13.4. The van der Waals surface area contributed by atoms with Crippen molar-refractivity contribution in [3.8, 4) is 0 Å². The molecule has 0 aliphatic heterocycles. The van der Waals surface area contributed by atoms with Gasteiger partial charge in [0.2, 0.25) is 0 Å². The lowest BCUT2D eigenvalue weighted by Crippen LogP contribution is -2.02. The molecule has 0 saturated carbocycles. The van der Waals surface area contributed by atoms with Crippen molar-refractivity contribution in [2.24, 2.45) is 0 Å². The van der Waals surface area contributed by atoms with E-state index in [9.17, 15) is 4.39 Å². The summed E-state index contributed by atoms with van der Waals surface area (Å²) in [5.41, 5.74) is 3.06. The molecule has 0 spiro atoms. The highest BCUT2D eigenvalue weighted by Crippen LogP contribution is 2.27. The van der Waals surface area contributed by atoms with Gasteiger partial charge in [-0.15, -0.1) is 0 Å². The topological polar surface area (TPSA) is 12.0 Å². The van der Waals surface area contributed by atoms with E-state index < -0.39 is 0 Å². The predicted octanol–water partition coefficient (Wildman–Crippen LogP) is 5.27. The first kappa shape index (κ1) is 13.6. The minimum atomic E-state index is -0.238. The van der Waals surface area contributed by atoms with Crippen LogP contribution in [0.4, 0.5) is 10.1 Å². The molecule has 0 amide bonds. The smallest absolute Gasteiger partial charge is 0.137 e. The molecule has 0 fully saturated rings. The summed E-state index contributed by atoms with van der Waals surface area (Å²) in [6.45, 7) is 2.60. The first-order valence-corrected chi connectivity index (χ1v) is 7.10. The lowest BCUT2D eigenvalue weighted by Gasteiger charge is -2.11. The number of rotatable bonds is 3. The molecule has 0 heterocycles. The van der Waals surface area contributed by atoms with E-state index in [1.54, 1.807) is 6.07 Å². The number of anilines is 1. The second kappa shape index (κ2) is 5.85. The van der Waals surface area contributed by atoms with Gasteiger partial charge in [0.05, 0.1) is 4.47 Å². The first-order chi connectivity index (χ1) is 8.59. The molecule has 1 nitrogen and oxygen atoms in total. The van der Waals surface area contributed by atoms with E-state index in [4.69, 9.17) is 0 Å². The fourth-order valence-corrected chi connectivity index (χ4v) is 2.47. The van der Waals surface area contributed by atoms with Crippen LogP contribution >= 0.6 is 31.9 Å². The summed E-state index contributed by atoms with van der Waals surface area (Å²) in [5.74, 6) is -0.238. The summed E-state index contributed by atoms with van der Waals surface area (Å²) in [7, 11) is 0. The standard InChI is InChI=1S/C14H12Br2FN/c1-9-4-2-7-12(13(9)15)18-8-10-5-3-6-11(17)14(10)16/h2-7,18H,8H2,1H3. The van der Waals surface area contributed by atoms with Crippen LogP contribution in [0.3, 0.4) is 0 Å². The number of aryl methyl sites for hydroxylation is 1. The third-order valence-corrected chi connectivity index (χ3v) is 4.63. The average Bonchev–Trinajstić information content (AvgIpc) is 2.36. The average molecular weight is 373 g/mol. The Bertz CT molecular complexity index is 518. The Labute approximate surface area is 123 Å². The van der Waals surface area contributed by atoms with E-state index >= 15 is 0 Å². The van der Waals surface area contributed by atoms with E-state index in [0.717, 1.165) is 15.7 Å². The number of benzene rings is 2. The maximum Gasteiger partial charge on any atom is 0.137 e. The summed E-state index contributed by atoms with van der Waals surface area (Å²) in [6.07, 6.45) is 0. The molecule has 0 radical (unpaired) electrons. The fraction of sp³-hybridized carbons (Fsp3) is 0.143. The van der Waals surface area contributed by atoms with Gasteiger partial charge in [0.1, 0.15) is 5.82 Å². The number of nitrogens with one attached hydrogen (secondary N) is 1. The highest BCUT2D eigenvalue weighted by molar-refractivity contribution is 9.11. The van der Waals surface area contributed by atoms with Gasteiger partial charge in [0.25, 0.3) is 0 Å². The van der Waals surface area contributed by atoms with Crippen molar-refractivity contribution in [2.45, 2.75) is 13.5 Å². The molecular formula is C14H12Br2FN. The molecular weight excluding hydrogens is 361 g/mol. The van der Waals surface area contributed by atoms with Gasteiger partial charge in [-0.25, -0.2) is 4.39 Å². The number of halogens is 3. The Kier molecular flexibility index (Phi) is 4.40. The third kappa shape index (κ3) is 2.93. The van der Waals surface area contributed by atoms with Gasteiger partial charge in [-0.05, 0) is 62.0 Å². The predicted molar refractivity (Wildman–Crippen MR) is 80.3 cm³/mol. The summed E-state index contributed by atoms with van der Waals surface area (Å²) >= 11 is 6.80. The van der Waals surface area contributed by atoms with Crippen LogP contribution in [0.1, 0.15) is 11.1 Å². The van der Waals surface area contributed by atoms with Crippen LogP contribution in [0.25, 0.3) is 0 Å². The monoisotopic (exact) mass is 371 g/mol. The fourth-order valence-electron chi connectivity index (χ4n) is 1.66. The van der Waals surface area contributed by atoms with E-state index in [1.807, 2.05) is 31.2 Å². The zero-order chi connectivity index (χ0) is 13.1. The Hall–Kier alpha value is -0.870. The van der Waals surface area contributed by atoms with Gasteiger partial charge in [-0.2, -0.15) is 0 Å². The molecule has 0 bridgehead atoms. The zero-order valence-corrected chi connectivity index (χ0v) is 13.0. The Balaban J connectivity index is 2.17. The summed E-state index contributed by atoms with van der Waals surface area (Å²) in [6, 6.07) is 11.1. The minimum absolute atomic E-state index is 0.238. The number of hydrogen-bond donors (Lipinski definition) is 1. The molecule has 2 aromatic carbocycles. The molecule has 4 heteroatoms. The van der Waals surface area contributed by atoms with E-state index in [2.05, 4.69) is 37.2 Å². The maximum atomic E-state index is 13.4. The van der Waals surface area contributed by atoms with Crippen LogP contribution < -0.4 is 5.32 Å². The third-order valence-electron chi connectivity index (χ3n) is 2.69. The Morgan fingerprint density at radius 2 is 1.78 bits per heavy atom. The van der Waals surface area contributed by atoms with Crippen LogP contribution in [0.5, 0.6) is 0 Å². The molecule has 1 N–H and O–H groups in total. The van der Waals surface area contributed by atoms with Gasteiger partial charge in [0.15, 0.2) is 0 Å². The van der Waals surface area contributed by atoms with Crippen molar-refractivity contribution in [1.29, 1.82) is 0 Å². The molecule has 0 aliphatic carbocycles. The Morgan fingerprint density at radius 3 is 2.56 bits per heavy atom. The van der Waals surface area contributed by atoms with Gasteiger partial charge < -0.3 is 5.32 Å². The first-order valence-electron chi connectivity index (χ1n) is 5.51. The quantitative estimate of drug-likeness (QED) is 0.773. The van der Waals surface area contributed by atoms with Crippen molar-refractivity contribution in [2.75, 3.05) is 5.32 Å². The molecule has 18 heavy (non-hydrogen) atoms. The normalized spacial score (nSPS) is 10.4. The highest BCUT2D eigenvalue weighted by atomic mass is 79.9. The SMILES string of the molecule is Cc1cccc(NCc2cccc(F)c2Br)c1Br. The molecule has 0 atom stereocenters. The highest BCUT2D eigenvalue weighted by Gasteiger charge is 2.06. The molecule has 0 aliphatic rings. The van der Waals surface area contributed by atoms with Crippen molar-refractivity contribution in [3.05, 3.63) is 62.3 Å². The lowest BCUT2D eigenvalue weighted by molar-refractivity contribution is 0.618. The lowest BCUT2D eigenvalue weighted by atomic mass is 10.2. The van der Waals surface area contributed by atoms with Gasteiger partial charge in [-0.1, -0.05) is 24.3 Å². The van der Waals surface area contributed by atoms with E-state index in [0.29, 0.717) is 11.0 Å². The molecule has 0 aromatic heterocycles. The van der Waals surface area contributed by atoms with Crippen molar-refractivity contribution < 1.29 is 4.39 Å². The molecule has 2 aromatic rings. The van der Waals surface area contributed by atoms with Crippen LogP contribution in [-0.2, 0) is 6.54 Å². The largest absolute Gasteiger partial charge is 0.380 e.